The summed E-state index contributed by atoms with van der Waals surface area (Å²) in [7, 11) is 1.82. The third-order valence-electron chi connectivity index (χ3n) is 4.70. The molecule has 1 aromatic rings. The molecule has 6 heteroatoms. The molecule has 23 heavy (non-hydrogen) atoms. The Morgan fingerprint density at radius 3 is 2.65 bits per heavy atom. The fourth-order valence-electron chi connectivity index (χ4n) is 3.38. The largest absolute Gasteiger partial charge is 0.345 e. The van der Waals surface area contributed by atoms with Crippen molar-refractivity contribution in [3.05, 3.63) is 29.3 Å². The Hall–Kier alpha value is -1.59. The first-order chi connectivity index (χ1) is 11.1. The molecule has 2 heterocycles. The van der Waals surface area contributed by atoms with Gasteiger partial charge in [-0.15, -0.1) is 0 Å². The van der Waals surface area contributed by atoms with Gasteiger partial charge in [-0.25, -0.2) is 0 Å². The predicted octanol–water partition coefficient (Wildman–Crippen LogP) is 2.00. The summed E-state index contributed by atoms with van der Waals surface area (Å²) in [6.07, 6.45) is 2.62. The molecular weight excluding hydrogens is 314 g/mol. The third kappa shape index (κ3) is 3.35. The van der Waals surface area contributed by atoms with Crippen molar-refractivity contribution in [2.45, 2.75) is 25.3 Å². The summed E-state index contributed by atoms with van der Waals surface area (Å²) in [6, 6.07) is 7.21. The Kier molecular flexibility index (Phi) is 4.87. The van der Waals surface area contributed by atoms with E-state index in [9.17, 15) is 9.59 Å². The first kappa shape index (κ1) is 16.3. The number of carbonyl (C=O) groups excluding carboxylic acids is 2. The number of likely N-dealkylation sites (N-methyl/N-ethyl adjacent to an activating group) is 1. The molecule has 2 saturated heterocycles. The molecule has 0 aromatic heterocycles. The van der Waals surface area contributed by atoms with Gasteiger partial charge in [-0.3, -0.25) is 14.5 Å². The van der Waals surface area contributed by atoms with Crippen LogP contribution in [0.3, 0.4) is 0 Å². The second kappa shape index (κ2) is 6.89. The van der Waals surface area contributed by atoms with Gasteiger partial charge < -0.3 is 9.80 Å². The molecular formula is C17H22ClN3O2. The van der Waals surface area contributed by atoms with Crippen molar-refractivity contribution in [1.29, 1.82) is 0 Å². The lowest BCUT2D eigenvalue weighted by molar-refractivity contribution is -0.132. The van der Waals surface area contributed by atoms with E-state index in [0.717, 1.165) is 38.0 Å². The van der Waals surface area contributed by atoms with Crippen LogP contribution in [0.15, 0.2) is 24.3 Å². The van der Waals surface area contributed by atoms with Crippen LogP contribution in [-0.4, -0.2) is 60.9 Å². The molecule has 1 unspecified atom stereocenters. The van der Waals surface area contributed by atoms with Gasteiger partial charge in [-0.05, 0) is 31.4 Å². The summed E-state index contributed by atoms with van der Waals surface area (Å²) in [5, 5.41) is 0.591. The van der Waals surface area contributed by atoms with Crippen molar-refractivity contribution in [3.63, 3.8) is 0 Å². The maximum Gasteiger partial charge on any atom is 0.244 e. The summed E-state index contributed by atoms with van der Waals surface area (Å²) in [4.78, 5) is 30.7. The third-order valence-corrected chi connectivity index (χ3v) is 5.02. The zero-order valence-electron chi connectivity index (χ0n) is 13.4. The number of para-hydroxylation sites is 1. The highest BCUT2D eigenvalue weighted by Gasteiger charge is 2.36. The van der Waals surface area contributed by atoms with Crippen molar-refractivity contribution < 1.29 is 9.59 Å². The maximum atomic E-state index is 13.0. The zero-order chi connectivity index (χ0) is 16.4. The van der Waals surface area contributed by atoms with Crippen LogP contribution in [0.1, 0.15) is 19.3 Å². The van der Waals surface area contributed by atoms with Crippen LogP contribution in [0.5, 0.6) is 0 Å². The number of piperidine rings is 1. The van der Waals surface area contributed by atoms with E-state index < -0.39 is 0 Å². The molecule has 0 radical (unpaired) electrons. The molecule has 2 aliphatic heterocycles. The number of anilines is 1. The van der Waals surface area contributed by atoms with E-state index in [0.29, 0.717) is 18.1 Å². The molecule has 2 fully saturated rings. The minimum absolute atomic E-state index is 0.0571. The van der Waals surface area contributed by atoms with Crippen molar-refractivity contribution in [1.82, 2.24) is 9.80 Å². The minimum atomic E-state index is -0.226. The van der Waals surface area contributed by atoms with Crippen molar-refractivity contribution in [2.24, 2.45) is 0 Å². The van der Waals surface area contributed by atoms with Gasteiger partial charge in [-0.1, -0.05) is 23.7 Å². The summed E-state index contributed by atoms with van der Waals surface area (Å²) in [5.74, 6) is 0.145. The lowest BCUT2D eigenvalue weighted by atomic mass is 10.0. The number of benzene rings is 1. The van der Waals surface area contributed by atoms with Gasteiger partial charge in [0.15, 0.2) is 0 Å². The van der Waals surface area contributed by atoms with Crippen molar-refractivity contribution in [3.8, 4) is 0 Å². The van der Waals surface area contributed by atoms with E-state index >= 15 is 0 Å². The van der Waals surface area contributed by atoms with Crippen molar-refractivity contribution in [2.75, 3.05) is 38.1 Å². The van der Waals surface area contributed by atoms with Gasteiger partial charge in [-0.2, -0.15) is 0 Å². The molecule has 0 spiro atoms. The minimum Gasteiger partial charge on any atom is -0.345 e. The first-order valence-electron chi connectivity index (χ1n) is 8.12. The highest BCUT2D eigenvalue weighted by atomic mass is 35.5. The Morgan fingerprint density at radius 1 is 1.09 bits per heavy atom. The van der Waals surface area contributed by atoms with Crippen LogP contribution in [0.4, 0.5) is 5.69 Å². The molecule has 0 aliphatic carbocycles. The van der Waals surface area contributed by atoms with Crippen LogP contribution in [0.25, 0.3) is 0 Å². The molecule has 2 amide bonds. The summed E-state index contributed by atoms with van der Waals surface area (Å²) >= 11 is 6.26. The van der Waals surface area contributed by atoms with Crippen molar-refractivity contribution >= 4 is 29.1 Å². The van der Waals surface area contributed by atoms with E-state index in [1.165, 1.54) is 0 Å². The van der Waals surface area contributed by atoms with Crippen LogP contribution in [0, 0.1) is 0 Å². The molecule has 0 bridgehead atoms. The van der Waals surface area contributed by atoms with Gasteiger partial charge in [0, 0.05) is 26.7 Å². The Morgan fingerprint density at radius 2 is 1.87 bits per heavy atom. The summed E-state index contributed by atoms with van der Waals surface area (Å²) in [6.45, 7) is 2.54. The van der Waals surface area contributed by atoms with E-state index in [1.807, 2.05) is 30.1 Å². The monoisotopic (exact) mass is 335 g/mol. The van der Waals surface area contributed by atoms with Gasteiger partial charge in [0.1, 0.15) is 0 Å². The zero-order valence-corrected chi connectivity index (χ0v) is 14.1. The number of carbonyl (C=O) groups is 2. The molecule has 124 valence electrons. The lowest BCUT2D eigenvalue weighted by Crippen LogP contribution is -2.54. The van der Waals surface area contributed by atoms with E-state index in [-0.39, 0.29) is 17.9 Å². The van der Waals surface area contributed by atoms with Crippen LogP contribution < -0.4 is 4.90 Å². The van der Waals surface area contributed by atoms with Gasteiger partial charge in [0.05, 0.1) is 23.3 Å². The SMILES string of the molecule is CN1CCCN(C2CCCN(c3ccccc3Cl)C2=O)CC1=O. The average molecular weight is 336 g/mol. The van der Waals surface area contributed by atoms with E-state index in [2.05, 4.69) is 0 Å². The quantitative estimate of drug-likeness (QED) is 0.830. The number of rotatable bonds is 2. The average Bonchev–Trinajstić information content (AvgIpc) is 2.70. The highest BCUT2D eigenvalue weighted by molar-refractivity contribution is 6.33. The summed E-state index contributed by atoms with van der Waals surface area (Å²) in [5.41, 5.74) is 0.766. The van der Waals surface area contributed by atoms with Gasteiger partial charge in [0.25, 0.3) is 0 Å². The number of amides is 2. The van der Waals surface area contributed by atoms with E-state index in [1.54, 1.807) is 15.9 Å². The highest BCUT2D eigenvalue weighted by Crippen LogP contribution is 2.30. The topological polar surface area (TPSA) is 43.9 Å². The van der Waals surface area contributed by atoms with Gasteiger partial charge in [0.2, 0.25) is 11.8 Å². The second-order valence-corrected chi connectivity index (χ2v) is 6.65. The lowest BCUT2D eigenvalue weighted by Gasteiger charge is -2.38. The first-order valence-corrected chi connectivity index (χ1v) is 8.49. The number of hydrogen-bond donors (Lipinski definition) is 0. The molecule has 3 rings (SSSR count). The van der Waals surface area contributed by atoms with Gasteiger partial charge >= 0.3 is 0 Å². The molecule has 2 aliphatic rings. The Labute approximate surface area is 141 Å². The van der Waals surface area contributed by atoms with Crippen LogP contribution in [0.2, 0.25) is 5.02 Å². The molecule has 1 aromatic carbocycles. The Bertz CT molecular complexity index is 607. The standard InChI is InChI=1S/C17H22ClN3O2/c1-19-9-5-10-20(12-16(19)22)15-8-4-11-21(17(15)23)14-7-3-2-6-13(14)18/h2-3,6-7,15H,4-5,8-12H2,1H3. The molecule has 0 N–H and O–H groups in total. The Balaban J connectivity index is 1.80. The number of halogens is 1. The second-order valence-electron chi connectivity index (χ2n) is 6.24. The molecule has 5 nitrogen and oxygen atoms in total. The number of nitrogens with zero attached hydrogens (tertiary/aromatic N) is 3. The number of hydrogen-bond acceptors (Lipinski definition) is 3. The summed E-state index contributed by atoms with van der Waals surface area (Å²) < 4.78 is 0. The van der Waals surface area contributed by atoms with Crippen LogP contribution >= 0.6 is 11.6 Å². The maximum absolute atomic E-state index is 13.0. The molecule has 0 saturated carbocycles. The fraction of sp³-hybridized carbons (Fsp3) is 0.529. The van der Waals surface area contributed by atoms with Crippen LogP contribution in [-0.2, 0) is 9.59 Å². The fourth-order valence-corrected chi connectivity index (χ4v) is 3.62. The normalized spacial score (nSPS) is 24.0. The predicted molar refractivity (Wildman–Crippen MR) is 90.7 cm³/mol. The molecule has 1 atom stereocenters. The smallest absolute Gasteiger partial charge is 0.244 e. The van der Waals surface area contributed by atoms with E-state index in [4.69, 9.17) is 11.6 Å².